The molecule has 8 heteroatoms. The van der Waals surface area contributed by atoms with Gasteiger partial charge in [-0.3, -0.25) is 10.1 Å². The molecule has 0 saturated heterocycles. The predicted octanol–water partition coefficient (Wildman–Crippen LogP) is 2.15. The molecule has 0 bridgehead atoms. The van der Waals surface area contributed by atoms with Gasteiger partial charge in [-0.25, -0.2) is 8.42 Å². The van der Waals surface area contributed by atoms with Crippen molar-refractivity contribution in [1.29, 1.82) is 0 Å². The van der Waals surface area contributed by atoms with Gasteiger partial charge in [0, 0.05) is 12.6 Å². The van der Waals surface area contributed by atoms with Crippen molar-refractivity contribution in [2.24, 2.45) is 0 Å². The van der Waals surface area contributed by atoms with E-state index in [9.17, 15) is 18.5 Å². The van der Waals surface area contributed by atoms with Crippen LogP contribution in [0.3, 0.4) is 0 Å². The molecule has 1 rings (SSSR count). The van der Waals surface area contributed by atoms with Crippen LogP contribution in [0.2, 0.25) is 0 Å². The average molecular weight is 279 g/mol. The van der Waals surface area contributed by atoms with E-state index >= 15 is 0 Å². The molecule has 0 heterocycles. The van der Waals surface area contributed by atoms with Crippen LogP contribution >= 0.6 is 11.8 Å². The molecule has 1 aromatic carbocycles. The lowest BCUT2D eigenvalue weighted by Crippen LogP contribution is -2.23. The van der Waals surface area contributed by atoms with E-state index in [1.807, 2.05) is 0 Å². The fourth-order valence-corrected chi connectivity index (χ4v) is 2.91. The Morgan fingerprint density at radius 1 is 1.41 bits per heavy atom. The molecule has 0 aliphatic heterocycles. The van der Waals surface area contributed by atoms with Gasteiger partial charge in [0.2, 0.25) is 0 Å². The molecule has 94 valence electrons. The van der Waals surface area contributed by atoms with Gasteiger partial charge in [-0.15, -0.1) is 3.82 Å². The fraction of sp³-hybridized carbons (Fsp3) is 0.333. The third-order valence-electron chi connectivity index (χ3n) is 2.00. The largest absolute Gasteiger partial charge is 0.289 e. The summed E-state index contributed by atoms with van der Waals surface area (Å²) in [5, 5.41) is 10.7. The molecule has 0 aliphatic carbocycles. The van der Waals surface area contributed by atoms with E-state index in [-0.39, 0.29) is 6.54 Å². The van der Waals surface area contributed by atoms with E-state index in [1.165, 1.54) is 18.2 Å². The van der Waals surface area contributed by atoms with E-state index < -0.39 is 25.5 Å². The molecule has 0 N–H and O–H groups in total. The second kappa shape index (κ2) is 5.44. The van der Waals surface area contributed by atoms with Crippen molar-refractivity contribution in [1.82, 2.24) is 3.82 Å². The normalized spacial score (nSPS) is 11.7. The van der Waals surface area contributed by atoms with Crippen molar-refractivity contribution in [2.75, 3.05) is 6.54 Å². The van der Waals surface area contributed by atoms with Gasteiger partial charge in [-0.1, -0.05) is 19.1 Å². The number of nitro benzene ring substituents is 1. The molecular weight excluding hydrogens is 268 g/mol. The molecule has 0 amide bonds. The first-order valence-electron chi connectivity index (χ1n) is 4.83. The van der Waals surface area contributed by atoms with Crippen LogP contribution in [0.4, 0.5) is 5.69 Å². The van der Waals surface area contributed by atoms with Gasteiger partial charge < -0.3 is 0 Å². The van der Waals surface area contributed by atoms with Gasteiger partial charge in [0.05, 0.1) is 4.92 Å². The predicted molar refractivity (Wildman–Crippen MR) is 63.1 cm³/mol. The van der Waals surface area contributed by atoms with Crippen molar-refractivity contribution in [3.8, 4) is 0 Å². The molecule has 0 radical (unpaired) electrons. The number of hydrogen-bond donors (Lipinski definition) is 0. The summed E-state index contributed by atoms with van der Waals surface area (Å²) in [6.07, 6.45) is 0.517. The molecule has 0 spiro atoms. The monoisotopic (exact) mass is 278 g/mol. The van der Waals surface area contributed by atoms with E-state index in [1.54, 1.807) is 6.92 Å². The van der Waals surface area contributed by atoms with Crippen LogP contribution in [0.15, 0.2) is 29.2 Å². The summed E-state index contributed by atoms with van der Waals surface area (Å²) in [5.41, 5.74) is -0.478. The summed E-state index contributed by atoms with van der Waals surface area (Å²) in [7, 11) is -4.02. The lowest BCUT2D eigenvalue weighted by atomic mass is 10.3. The maximum atomic E-state index is 11.9. The Morgan fingerprint density at radius 3 is 2.53 bits per heavy atom. The number of benzene rings is 1. The Balaban J connectivity index is 3.29. The minimum Gasteiger partial charge on any atom is -0.258 e. The summed E-state index contributed by atoms with van der Waals surface area (Å²) in [6.45, 7) is 1.85. The zero-order valence-electron chi connectivity index (χ0n) is 9.04. The number of halogens is 1. The molecule has 1 aromatic rings. The number of sulfonamides is 1. The first kappa shape index (κ1) is 13.9. The zero-order valence-corrected chi connectivity index (χ0v) is 10.6. The highest BCUT2D eigenvalue weighted by Crippen LogP contribution is 2.27. The highest BCUT2D eigenvalue weighted by molar-refractivity contribution is 7.90. The van der Waals surface area contributed by atoms with Crippen molar-refractivity contribution in [3.63, 3.8) is 0 Å². The van der Waals surface area contributed by atoms with Crippen LogP contribution in [0.25, 0.3) is 0 Å². The fourth-order valence-electron chi connectivity index (χ4n) is 1.23. The SMILES string of the molecule is CCCN(Cl)S(=O)(=O)c1ccccc1[N+](=O)[O-]. The molecule has 0 saturated carbocycles. The smallest absolute Gasteiger partial charge is 0.258 e. The van der Waals surface area contributed by atoms with Crippen LogP contribution < -0.4 is 0 Å². The van der Waals surface area contributed by atoms with Gasteiger partial charge >= 0.3 is 0 Å². The molecule has 17 heavy (non-hydrogen) atoms. The standard InChI is InChI=1S/C9H11ClN2O4S/c1-2-7-11(10)17(15,16)9-6-4-3-5-8(9)12(13)14/h3-6H,2,7H2,1H3. The lowest BCUT2D eigenvalue weighted by molar-refractivity contribution is -0.387. The van der Waals surface area contributed by atoms with Gasteiger partial charge in [0.15, 0.2) is 4.90 Å². The quantitative estimate of drug-likeness (QED) is 0.469. The highest BCUT2D eigenvalue weighted by Gasteiger charge is 2.29. The molecule has 0 aliphatic rings. The zero-order chi connectivity index (χ0) is 13.1. The first-order valence-corrected chi connectivity index (χ1v) is 6.61. The third kappa shape index (κ3) is 2.93. The second-order valence-corrected chi connectivity index (χ2v) is 5.68. The molecule has 0 unspecified atom stereocenters. The number of rotatable bonds is 5. The Morgan fingerprint density at radius 2 is 2.00 bits per heavy atom. The molecule has 0 atom stereocenters. The van der Waals surface area contributed by atoms with Crippen molar-refractivity contribution < 1.29 is 13.3 Å². The van der Waals surface area contributed by atoms with E-state index in [4.69, 9.17) is 11.8 Å². The van der Waals surface area contributed by atoms with Crippen molar-refractivity contribution in [2.45, 2.75) is 18.2 Å². The second-order valence-electron chi connectivity index (χ2n) is 3.24. The maximum absolute atomic E-state index is 11.9. The summed E-state index contributed by atoms with van der Waals surface area (Å²) in [5.74, 6) is 0. The first-order chi connectivity index (χ1) is 7.91. The van der Waals surface area contributed by atoms with Crippen LogP contribution in [0.5, 0.6) is 0 Å². The van der Waals surface area contributed by atoms with Crippen LogP contribution in [0, 0.1) is 10.1 Å². The topological polar surface area (TPSA) is 80.5 Å². The van der Waals surface area contributed by atoms with Crippen LogP contribution in [0.1, 0.15) is 13.3 Å². The van der Waals surface area contributed by atoms with Crippen molar-refractivity contribution in [3.05, 3.63) is 34.4 Å². The average Bonchev–Trinajstić information content (AvgIpc) is 2.29. The Labute approximate surface area is 104 Å². The Hall–Kier alpha value is -1.18. The highest BCUT2D eigenvalue weighted by atomic mass is 35.5. The Bertz CT molecular complexity index is 517. The van der Waals surface area contributed by atoms with Crippen LogP contribution in [-0.4, -0.2) is 23.7 Å². The molecule has 0 fully saturated rings. The van der Waals surface area contributed by atoms with Crippen molar-refractivity contribution >= 4 is 27.5 Å². The molecule has 0 aromatic heterocycles. The molecule has 6 nitrogen and oxygen atoms in total. The minimum absolute atomic E-state index is 0.0932. The number of para-hydroxylation sites is 1. The van der Waals surface area contributed by atoms with E-state index in [0.717, 1.165) is 6.07 Å². The minimum atomic E-state index is -4.02. The van der Waals surface area contributed by atoms with E-state index in [2.05, 4.69) is 0 Å². The third-order valence-corrected chi connectivity index (χ3v) is 4.32. The number of hydrogen-bond acceptors (Lipinski definition) is 4. The summed E-state index contributed by atoms with van der Waals surface area (Å²) in [6, 6.07) is 5.11. The molecular formula is C9H11ClN2O4S. The summed E-state index contributed by atoms with van der Waals surface area (Å²) >= 11 is 5.61. The maximum Gasteiger partial charge on any atom is 0.289 e. The van der Waals surface area contributed by atoms with Gasteiger partial charge in [0.1, 0.15) is 0 Å². The summed E-state index contributed by atoms with van der Waals surface area (Å²) < 4.78 is 24.5. The Kier molecular flexibility index (Phi) is 4.44. The summed E-state index contributed by atoms with van der Waals surface area (Å²) in [4.78, 5) is 9.59. The number of nitrogens with zero attached hydrogens (tertiary/aromatic N) is 2. The van der Waals surface area contributed by atoms with Gasteiger partial charge in [-0.05, 0) is 24.3 Å². The lowest BCUT2D eigenvalue weighted by Gasteiger charge is -2.12. The number of nitro groups is 1. The van der Waals surface area contributed by atoms with Crippen LogP contribution in [-0.2, 0) is 10.0 Å². The van der Waals surface area contributed by atoms with Gasteiger partial charge in [0.25, 0.3) is 15.7 Å². The van der Waals surface area contributed by atoms with Gasteiger partial charge in [-0.2, -0.15) is 0 Å². The van der Waals surface area contributed by atoms with E-state index in [0.29, 0.717) is 10.2 Å².